The molecule has 0 bridgehead atoms. The lowest BCUT2D eigenvalue weighted by Gasteiger charge is -2.40. The van der Waals surface area contributed by atoms with Crippen molar-refractivity contribution in [1.29, 1.82) is 0 Å². The van der Waals surface area contributed by atoms with Crippen LogP contribution >= 0.6 is 0 Å². The van der Waals surface area contributed by atoms with Gasteiger partial charge in [-0.05, 0) is 42.5 Å². The zero-order valence-electron chi connectivity index (χ0n) is 13.6. The molecule has 3 heterocycles. The van der Waals surface area contributed by atoms with Gasteiger partial charge in [-0.15, -0.1) is 0 Å². The van der Waals surface area contributed by atoms with Gasteiger partial charge >= 0.3 is 0 Å². The van der Waals surface area contributed by atoms with Crippen LogP contribution in [-0.4, -0.2) is 47.0 Å². The largest absolute Gasteiger partial charge is 0.300 e. The first-order valence-electron chi connectivity index (χ1n) is 8.82. The molecule has 3 nitrogen and oxygen atoms in total. The first-order chi connectivity index (χ1) is 11.4. The van der Waals surface area contributed by atoms with E-state index < -0.39 is 0 Å². The van der Waals surface area contributed by atoms with Gasteiger partial charge in [0.2, 0.25) is 0 Å². The van der Waals surface area contributed by atoms with Gasteiger partial charge in [-0.1, -0.05) is 30.3 Å². The molecule has 0 radical (unpaired) electrons. The Morgan fingerprint density at radius 2 is 1.78 bits per heavy atom. The molecule has 0 amide bonds. The second-order valence-electron chi connectivity index (χ2n) is 6.80. The molecule has 120 valence electrons. The first-order valence-corrected chi connectivity index (χ1v) is 8.82. The molecule has 1 aromatic carbocycles. The Bertz CT molecular complexity index is 613. The van der Waals surface area contributed by atoms with Gasteiger partial charge in [-0.25, -0.2) is 0 Å². The standard InChI is InChI=1S/C20H25N3/c1-2-4-18(5-3-1)20-7-6-19-16-22(14-15-23(19)20)13-10-17-8-11-21-12-9-17/h1-5,8-9,11-12,19-20H,6-7,10,13-16H2. The minimum Gasteiger partial charge on any atom is -0.300 e. The Morgan fingerprint density at radius 1 is 0.957 bits per heavy atom. The number of fused-ring (bicyclic) bond motifs is 1. The second kappa shape index (κ2) is 6.81. The zero-order valence-corrected chi connectivity index (χ0v) is 13.6. The molecular formula is C20H25N3. The molecular weight excluding hydrogens is 282 g/mol. The molecule has 0 saturated carbocycles. The number of pyridine rings is 1. The average Bonchev–Trinajstić information content (AvgIpc) is 3.05. The first kappa shape index (κ1) is 14.9. The second-order valence-corrected chi connectivity index (χ2v) is 6.80. The Labute approximate surface area is 139 Å². The van der Waals surface area contributed by atoms with E-state index in [4.69, 9.17) is 0 Å². The maximum absolute atomic E-state index is 4.10. The van der Waals surface area contributed by atoms with Crippen molar-refractivity contribution in [2.45, 2.75) is 31.3 Å². The van der Waals surface area contributed by atoms with Gasteiger partial charge < -0.3 is 4.90 Å². The maximum Gasteiger partial charge on any atom is 0.0352 e. The average molecular weight is 307 g/mol. The number of rotatable bonds is 4. The van der Waals surface area contributed by atoms with Crippen LogP contribution < -0.4 is 0 Å². The highest BCUT2D eigenvalue weighted by Gasteiger charge is 2.37. The number of nitrogens with zero attached hydrogens (tertiary/aromatic N) is 3. The molecule has 0 N–H and O–H groups in total. The Morgan fingerprint density at radius 3 is 2.61 bits per heavy atom. The van der Waals surface area contributed by atoms with Crippen LogP contribution in [0.5, 0.6) is 0 Å². The third-order valence-electron chi connectivity index (χ3n) is 5.44. The minimum atomic E-state index is 0.642. The summed E-state index contributed by atoms with van der Waals surface area (Å²) in [7, 11) is 0. The maximum atomic E-state index is 4.10. The highest BCUT2D eigenvalue weighted by Crippen LogP contribution is 2.37. The summed E-state index contributed by atoms with van der Waals surface area (Å²) < 4.78 is 0. The fraction of sp³-hybridized carbons (Fsp3) is 0.450. The summed E-state index contributed by atoms with van der Waals surface area (Å²) >= 11 is 0. The van der Waals surface area contributed by atoms with Crippen LogP contribution in [0.25, 0.3) is 0 Å². The summed E-state index contributed by atoms with van der Waals surface area (Å²) in [5.41, 5.74) is 2.90. The van der Waals surface area contributed by atoms with Crippen LogP contribution in [0.2, 0.25) is 0 Å². The van der Waals surface area contributed by atoms with E-state index in [0.717, 1.165) is 12.5 Å². The predicted octanol–water partition coefficient (Wildman–Crippen LogP) is 3.15. The molecule has 1 aromatic heterocycles. The number of piperazine rings is 1. The third kappa shape index (κ3) is 3.31. The normalized spacial score (nSPS) is 25.4. The van der Waals surface area contributed by atoms with E-state index in [1.165, 1.54) is 50.1 Å². The highest BCUT2D eigenvalue weighted by atomic mass is 15.3. The number of hydrogen-bond donors (Lipinski definition) is 0. The van der Waals surface area contributed by atoms with Gasteiger partial charge in [0.15, 0.2) is 0 Å². The molecule has 2 atom stereocenters. The minimum absolute atomic E-state index is 0.642. The van der Waals surface area contributed by atoms with Crippen LogP contribution in [0.15, 0.2) is 54.9 Å². The molecule has 23 heavy (non-hydrogen) atoms. The number of aromatic nitrogens is 1. The topological polar surface area (TPSA) is 19.4 Å². The van der Waals surface area contributed by atoms with Crippen molar-refractivity contribution in [1.82, 2.24) is 14.8 Å². The molecule has 0 aliphatic carbocycles. The van der Waals surface area contributed by atoms with Gasteiger partial charge in [0.1, 0.15) is 0 Å². The molecule has 0 spiro atoms. The highest BCUT2D eigenvalue weighted by molar-refractivity contribution is 5.21. The molecule has 3 heteroatoms. The van der Waals surface area contributed by atoms with Crippen molar-refractivity contribution < 1.29 is 0 Å². The van der Waals surface area contributed by atoms with Gasteiger partial charge in [0.05, 0.1) is 0 Å². The van der Waals surface area contributed by atoms with E-state index in [1.807, 2.05) is 12.4 Å². The number of hydrogen-bond acceptors (Lipinski definition) is 3. The molecule has 2 saturated heterocycles. The van der Waals surface area contributed by atoms with Crippen LogP contribution in [0.3, 0.4) is 0 Å². The zero-order chi connectivity index (χ0) is 15.5. The predicted molar refractivity (Wildman–Crippen MR) is 93.3 cm³/mol. The molecule has 4 rings (SSSR count). The lowest BCUT2D eigenvalue weighted by molar-refractivity contribution is 0.0788. The monoisotopic (exact) mass is 307 g/mol. The van der Waals surface area contributed by atoms with Crippen molar-refractivity contribution >= 4 is 0 Å². The van der Waals surface area contributed by atoms with Crippen molar-refractivity contribution in [3.8, 4) is 0 Å². The summed E-state index contributed by atoms with van der Waals surface area (Å²) in [6.07, 6.45) is 7.58. The molecule has 2 aliphatic rings. The summed E-state index contributed by atoms with van der Waals surface area (Å²) in [6.45, 7) is 4.81. The molecule has 2 fully saturated rings. The SMILES string of the molecule is c1ccc(C2CCC3CN(CCc4ccncc4)CCN32)cc1. The van der Waals surface area contributed by atoms with Crippen LogP contribution in [-0.2, 0) is 6.42 Å². The van der Waals surface area contributed by atoms with E-state index in [1.54, 1.807) is 0 Å². The Balaban J connectivity index is 1.34. The molecule has 2 aromatic rings. The van der Waals surface area contributed by atoms with E-state index in [2.05, 4.69) is 57.2 Å². The van der Waals surface area contributed by atoms with Crippen molar-refractivity contribution in [3.63, 3.8) is 0 Å². The van der Waals surface area contributed by atoms with E-state index in [9.17, 15) is 0 Å². The summed E-state index contributed by atoms with van der Waals surface area (Å²) in [4.78, 5) is 9.50. The Hall–Kier alpha value is -1.71. The lowest BCUT2D eigenvalue weighted by Crippen LogP contribution is -2.51. The van der Waals surface area contributed by atoms with E-state index in [-0.39, 0.29) is 0 Å². The molecule has 2 aliphatic heterocycles. The van der Waals surface area contributed by atoms with Gasteiger partial charge in [-0.3, -0.25) is 9.88 Å². The fourth-order valence-electron chi connectivity index (χ4n) is 4.19. The van der Waals surface area contributed by atoms with Crippen molar-refractivity contribution in [2.24, 2.45) is 0 Å². The summed E-state index contributed by atoms with van der Waals surface area (Å²) in [5.74, 6) is 0. The van der Waals surface area contributed by atoms with Gasteiger partial charge in [0, 0.05) is 50.7 Å². The van der Waals surface area contributed by atoms with Gasteiger partial charge in [-0.2, -0.15) is 0 Å². The van der Waals surface area contributed by atoms with Crippen molar-refractivity contribution in [3.05, 3.63) is 66.0 Å². The quantitative estimate of drug-likeness (QED) is 0.865. The van der Waals surface area contributed by atoms with Gasteiger partial charge in [0.25, 0.3) is 0 Å². The smallest absolute Gasteiger partial charge is 0.0352 e. The number of benzene rings is 1. The van der Waals surface area contributed by atoms with Crippen LogP contribution in [0.1, 0.15) is 30.0 Å². The van der Waals surface area contributed by atoms with E-state index in [0.29, 0.717) is 6.04 Å². The van der Waals surface area contributed by atoms with Crippen molar-refractivity contribution in [2.75, 3.05) is 26.2 Å². The van der Waals surface area contributed by atoms with Crippen LogP contribution in [0, 0.1) is 0 Å². The third-order valence-corrected chi connectivity index (χ3v) is 5.44. The lowest BCUT2D eigenvalue weighted by atomic mass is 10.0. The fourth-order valence-corrected chi connectivity index (χ4v) is 4.19. The summed E-state index contributed by atoms with van der Waals surface area (Å²) in [5, 5.41) is 0. The van der Waals surface area contributed by atoms with E-state index >= 15 is 0 Å². The Kier molecular flexibility index (Phi) is 4.40. The summed E-state index contributed by atoms with van der Waals surface area (Å²) in [6, 6.07) is 16.7. The molecule has 2 unspecified atom stereocenters. The van der Waals surface area contributed by atoms with Crippen LogP contribution in [0.4, 0.5) is 0 Å².